The van der Waals surface area contributed by atoms with E-state index in [0.29, 0.717) is 6.54 Å². The lowest BCUT2D eigenvalue weighted by molar-refractivity contribution is -0.144. The van der Waals surface area contributed by atoms with Gasteiger partial charge in [-0.2, -0.15) is 0 Å². The Morgan fingerprint density at radius 1 is 1.53 bits per heavy atom. The Hall–Kier alpha value is -1.07. The zero-order valence-electron chi connectivity index (χ0n) is 10.9. The molecule has 1 aliphatic heterocycles. The Morgan fingerprint density at radius 3 is 2.95 bits per heavy atom. The predicted molar refractivity (Wildman–Crippen MR) is 76.4 cm³/mol. The number of benzene rings is 1. The largest absolute Gasteiger partial charge is 0.497 e. The molecule has 2 rings (SSSR count). The Bertz CT molecular complexity index is 464. The van der Waals surface area contributed by atoms with Crippen molar-refractivity contribution in [2.45, 2.75) is 31.8 Å². The number of carbonyl (C=O) groups is 1. The maximum Gasteiger partial charge on any atom is 0.320 e. The van der Waals surface area contributed by atoms with Crippen molar-refractivity contribution in [1.29, 1.82) is 0 Å². The number of hydrogen-bond acceptors (Lipinski definition) is 3. The van der Waals surface area contributed by atoms with Crippen molar-refractivity contribution in [3.05, 3.63) is 28.2 Å². The number of halogens is 1. The third-order valence-corrected chi connectivity index (χ3v) is 4.27. The van der Waals surface area contributed by atoms with Gasteiger partial charge in [0.25, 0.3) is 0 Å². The fourth-order valence-electron chi connectivity index (χ4n) is 2.46. The first kappa shape index (κ1) is 14.3. The number of carboxylic acids is 1. The fourth-order valence-corrected chi connectivity index (χ4v) is 2.95. The van der Waals surface area contributed by atoms with E-state index in [4.69, 9.17) is 4.74 Å². The highest BCUT2D eigenvalue weighted by Crippen LogP contribution is 2.26. The van der Waals surface area contributed by atoms with Crippen molar-refractivity contribution in [3.8, 4) is 5.75 Å². The molecule has 1 aliphatic rings. The standard InChI is InChI=1S/C14H18BrNO3/c1-19-11-6-5-10(12(15)8-11)9-16-7-3-2-4-13(16)14(17)18/h5-6,8,13H,2-4,7,9H2,1H3,(H,17,18). The highest BCUT2D eigenvalue weighted by molar-refractivity contribution is 9.10. The molecule has 1 heterocycles. The zero-order chi connectivity index (χ0) is 13.8. The smallest absolute Gasteiger partial charge is 0.320 e. The molecule has 0 amide bonds. The van der Waals surface area contributed by atoms with Crippen LogP contribution in [-0.4, -0.2) is 35.7 Å². The van der Waals surface area contributed by atoms with E-state index < -0.39 is 5.97 Å². The van der Waals surface area contributed by atoms with E-state index in [1.165, 1.54) is 0 Å². The van der Waals surface area contributed by atoms with Gasteiger partial charge in [-0.15, -0.1) is 0 Å². The number of aliphatic carboxylic acids is 1. The summed E-state index contributed by atoms with van der Waals surface area (Å²) in [5.74, 6) is 0.0772. The maximum atomic E-state index is 11.3. The van der Waals surface area contributed by atoms with Gasteiger partial charge in [-0.25, -0.2) is 0 Å². The number of carboxylic acid groups (broad SMARTS) is 1. The van der Waals surface area contributed by atoms with E-state index in [0.717, 1.165) is 41.6 Å². The second kappa shape index (κ2) is 6.39. The molecule has 1 aromatic carbocycles. The number of ether oxygens (including phenoxy) is 1. The van der Waals surface area contributed by atoms with Crippen LogP contribution in [0.3, 0.4) is 0 Å². The van der Waals surface area contributed by atoms with Crippen LogP contribution >= 0.6 is 15.9 Å². The predicted octanol–water partition coefficient (Wildman–Crippen LogP) is 2.90. The summed E-state index contributed by atoms with van der Waals surface area (Å²) in [5, 5.41) is 9.26. The van der Waals surface area contributed by atoms with Crippen molar-refractivity contribution < 1.29 is 14.6 Å². The number of methoxy groups -OCH3 is 1. The Morgan fingerprint density at radius 2 is 2.32 bits per heavy atom. The summed E-state index contributed by atoms with van der Waals surface area (Å²) in [4.78, 5) is 13.3. The molecule has 4 nitrogen and oxygen atoms in total. The minimum Gasteiger partial charge on any atom is -0.497 e. The summed E-state index contributed by atoms with van der Waals surface area (Å²) in [7, 11) is 1.63. The molecule has 1 fully saturated rings. The number of hydrogen-bond donors (Lipinski definition) is 1. The SMILES string of the molecule is COc1ccc(CN2CCCCC2C(=O)O)c(Br)c1. The Kier molecular flexibility index (Phi) is 4.82. The van der Waals surface area contributed by atoms with Gasteiger partial charge in [0, 0.05) is 11.0 Å². The molecule has 5 heteroatoms. The van der Waals surface area contributed by atoms with Crippen LogP contribution in [0.15, 0.2) is 22.7 Å². The molecule has 19 heavy (non-hydrogen) atoms. The van der Waals surface area contributed by atoms with Gasteiger partial charge in [0.05, 0.1) is 7.11 Å². The van der Waals surface area contributed by atoms with Gasteiger partial charge in [0.15, 0.2) is 0 Å². The molecule has 0 spiro atoms. The number of piperidine rings is 1. The average Bonchev–Trinajstić information content (AvgIpc) is 2.41. The minimum absolute atomic E-state index is 0.359. The van der Waals surface area contributed by atoms with Gasteiger partial charge in [0.1, 0.15) is 11.8 Å². The third kappa shape index (κ3) is 3.48. The van der Waals surface area contributed by atoms with E-state index in [9.17, 15) is 9.90 Å². The van der Waals surface area contributed by atoms with E-state index in [1.54, 1.807) is 7.11 Å². The Labute approximate surface area is 121 Å². The normalized spacial score (nSPS) is 20.2. The topological polar surface area (TPSA) is 49.8 Å². The van der Waals surface area contributed by atoms with Crippen molar-refractivity contribution >= 4 is 21.9 Å². The molecular formula is C14H18BrNO3. The first-order chi connectivity index (χ1) is 9.11. The van der Waals surface area contributed by atoms with Gasteiger partial charge >= 0.3 is 5.97 Å². The number of nitrogens with zero attached hydrogens (tertiary/aromatic N) is 1. The molecule has 1 aromatic rings. The van der Waals surface area contributed by atoms with Crippen LogP contribution in [-0.2, 0) is 11.3 Å². The van der Waals surface area contributed by atoms with E-state index >= 15 is 0 Å². The summed E-state index contributed by atoms with van der Waals surface area (Å²) in [6, 6.07) is 5.44. The van der Waals surface area contributed by atoms with Gasteiger partial charge in [0.2, 0.25) is 0 Å². The van der Waals surface area contributed by atoms with Crippen molar-refractivity contribution in [3.63, 3.8) is 0 Å². The van der Waals surface area contributed by atoms with Gasteiger partial charge in [-0.05, 0) is 37.1 Å². The lowest BCUT2D eigenvalue weighted by Crippen LogP contribution is -2.44. The highest BCUT2D eigenvalue weighted by atomic mass is 79.9. The molecule has 0 aromatic heterocycles. The fraction of sp³-hybridized carbons (Fsp3) is 0.500. The molecule has 1 saturated heterocycles. The van der Waals surface area contributed by atoms with E-state index in [1.807, 2.05) is 23.1 Å². The summed E-state index contributed by atoms with van der Waals surface area (Å²) in [5.41, 5.74) is 1.09. The quantitative estimate of drug-likeness (QED) is 0.923. The zero-order valence-corrected chi connectivity index (χ0v) is 12.5. The second-order valence-corrected chi connectivity index (χ2v) is 5.63. The second-order valence-electron chi connectivity index (χ2n) is 4.78. The van der Waals surface area contributed by atoms with Crippen LogP contribution in [0.2, 0.25) is 0 Å². The summed E-state index contributed by atoms with van der Waals surface area (Å²) >= 11 is 3.52. The molecule has 1 unspecified atom stereocenters. The molecule has 0 radical (unpaired) electrons. The first-order valence-corrected chi connectivity index (χ1v) is 7.20. The van der Waals surface area contributed by atoms with Crippen LogP contribution < -0.4 is 4.74 Å². The van der Waals surface area contributed by atoms with Crippen LogP contribution in [0.25, 0.3) is 0 Å². The Balaban J connectivity index is 2.12. The van der Waals surface area contributed by atoms with Gasteiger partial charge < -0.3 is 9.84 Å². The number of rotatable bonds is 4. The highest BCUT2D eigenvalue weighted by Gasteiger charge is 2.28. The lowest BCUT2D eigenvalue weighted by Gasteiger charge is -2.33. The summed E-state index contributed by atoms with van der Waals surface area (Å²) in [6.45, 7) is 1.50. The average molecular weight is 328 g/mol. The van der Waals surface area contributed by atoms with Crippen molar-refractivity contribution in [1.82, 2.24) is 4.90 Å². The van der Waals surface area contributed by atoms with Crippen LogP contribution in [0.1, 0.15) is 24.8 Å². The molecule has 1 N–H and O–H groups in total. The van der Waals surface area contributed by atoms with E-state index in [2.05, 4.69) is 15.9 Å². The first-order valence-electron chi connectivity index (χ1n) is 6.41. The molecule has 0 aliphatic carbocycles. The monoisotopic (exact) mass is 327 g/mol. The molecule has 0 saturated carbocycles. The summed E-state index contributed by atoms with van der Waals surface area (Å²) in [6.07, 6.45) is 2.80. The molecule has 104 valence electrons. The maximum absolute atomic E-state index is 11.3. The van der Waals surface area contributed by atoms with Gasteiger partial charge in [-0.3, -0.25) is 9.69 Å². The number of likely N-dealkylation sites (tertiary alicyclic amines) is 1. The summed E-state index contributed by atoms with van der Waals surface area (Å²) < 4.78 is 6.12. The molecule has 0 bridgehead atoms. The third-order valence-electron chi connectivity index (χ3n) is 3.53. The molecular weight excluding hydrogens is 310 g/mol. The van der Waals surface area contributed by atoms with E-state index in [-0.39, 0.29) is 6.04 Å². The van der Waals surface area contributed by atoms with Crippen molar-refractivity contribution in [2.24, 2.45) is 0 Å². The van der Waals surface area contributed by atoms with Crippen LogP contribution in [0.5, 0.6) is 5.75 Å². The van der Waals surface area contributed by atoms with Crippen LogP contribution in [0.4, 0.5) is 0 Å². The lowest BCUT2D eigenvalue weighted by atomic mass is 10.0. The van der Waals surface area contributed by atoms with Crippen LogP contribution in [0, 0.1) is 0 Å². The van der Waals surface area contributed by atoms with Gasteiger partial charge in [-0.1, -0.05) is 28.4 Å². The minimum atomic E-state index is -0.718. The molecule has 1 atom stereocenters. The van der Waals surface area contributed by atoms with Crippen molar-refractivity contribution in [2.75, 3.05) is 13.7 Å².